The maximum absolute atomic E-state index is 13.3. The SMILES string of the molecule is CC(COc1cc(C#N)ccc1C(F)(F)F)(NC(=O)c1ccc(OC(F)(F)F)cc1)C(N)=S. The van der Waals surface area contributed by atoms with E-state index in [0.717, 1.165) is 36.4 Å². The van der Waals surface area contributed by atoms with Crippen molar-refractivity contribution in [2.75, 3.05) is 6.61 Å². The number of hydrogen-bond donors (Lipinski definition) is 2. The van der Waals surface area contributed by atoms with Gasteiger partial charge in [0, 0.05) is 5.56 Å². The minimum absolute atomic E-state index is 0.0970. The molecule has 176 valence electrons. The molecule has 3 N–H and O–H groups in total. The molecule has 0 saturated carbocycles. The molecule has 2 aromatic carbocycles. The third-order valence-electron chi connectivity index (χ3n) is 4.22. The van der Waals surface area contributed by atoms with Gasteiger partial charge in [-0.3, -0.25) is 4.79 Å². The minimum atomic E-state index is -4.91. The van der Waals surface area contributed by atoms with Crippen molar-refractivity contribution in [3.8, 4) is 17.6 Å². The smallest absolute Gasteiger partial charge is 0.490 e. The summed E-state index contributed by atoms with van der Waals surface area (Å²) in [6.07, 6.45) is -9.70. The van der Waals surface area contributed by atoms with E-state index in [4.69, 9.17) is 28.0 Å². The Hall–Kier alpha value is -3.53. The first-order valence-electron chi connectivity index (χ1n) is 8.87. The first-order valence-corrected chi connectivity index (χ1v) is 9.28. The van der Waals surface area contributed by atoms with E-state index in [1.807, 2.05) is 0 Å². The number of ether oxygens (including phenoxy) is 2. The minimum Gasteiger partial charge on any atom is -0.490 e. The monoisotopic (exact) mass is 491 g/mol. The van der Waals surface area contributed by atoms with Gasteiger partial charge in [-0.15, -0.1) is 13.2 Å². The number of nitriles is 1. The standard InChI is InChI=1S/C20H15F6N3O3S/c1-18(17(28)33,10-31-15-8-11(9-27)2-7-14(15)19(21,22)23)29-16(30)12-3-5-13(6-4-12)32-20(24,25)26/h2-8H,10H2,1H3,(H2,28,33)(H,29,30). The van der Waals surface area contributed by atoms with E-state index >= 15 is 0 Å². The Labute approximate surface area is 188 Å². The predicted octanol–water partition coefficient (Wildman–Crippen LogP) is 4.33. The van der Waals surface area contributed by atoms with Crippen LogP contribution in [0.3, 0.4) is 0 Å². The lowest BCUT2D eigenvalue weighted by atomic mass is 10.0. The molecule has 13 heteroatoms. The van der Waals surface area contributed by atoms with Gasteiger partial charge < -0.3 is 20.5 Å². The molecule has 2 rings (SSSR count). The van der Waals surface area contributed by atoms with Gasteiger partial charge in [0.2, 0.25) is 0 Å². The number of thiocarbonyl (C=S) groups is 1. The van der Waals surface area contributed by atoms with Crippen LogP contribution in [0.25, 0.3) is 0 Å². The van der Waals surface area contributed by atoms with Gasteiger partial charge in [-0.2, -0.15) is 18.4 Å². The molecule has 6 nitrogen and oxygen atoms in total. The molecule has 0 fully saturated rings. The number of nitrogens with two attached hydrogens (primary N) is 1. The number of carbonyl (C=O) groups is 1. The highest BCUT2D eigenvalue weighted by molar-refractivity contribution is 7.80. The lowest BCUT2D eigenvalue weighted by Gasteiger charge is -2.30. The van der Waals surface area contributed by atoms with E-state index in [-0.39, 0.29) is 16.1 Å². The maximum Gasteiger partial charge on any atom is 0.573 e. The van der Waals surface area contributed by atoms with Gasteiger partial charge in [0.25, 0.3) is 5.91 Å². The van der Waals surface area contributed by atoms with E-state index in [1.165, 1.54) is 6.92 Å². The number of amides is 1. The fraction of sp³-hybridized carbons (Fsp3) is 0.250. The van der Waals surface area contributed by atoms with Crippen LogP contribution in [0.15, 0.2) is 42.5 Å². The number of carbonyl (C=O) groups excluding carboxylic acids is 1. The Morgan fingerprint density at radius 3 is 2.21 bits per heavy atom. The van der Waals surface area contributed by atoms with Gasteiger partial charge in [-0.1, -0.05) is 12.2 Å². The van der Waals surface area contributed by atoms with Gasteiger partial charge in [-0.25, -0.2) is 0 Å². The molecule has 1 atom stereocenters. The van der Waals surface area contributed by atoms with Crippen LogP contribution >= 0.6 is 12.2 Å². The molecule has 0 aromatic heterocycles. The van der Waals surface area contributed by atoms with Crippen LogP contribution in [-0.4, -0.2) is 29.4 Å². The largest absolute Gasteiger partial charge is 0.573 e. The Morgan fingerprint density at radius 2 is 1.73 bits per heavy atom. The molecule has 0 aliphatic carbocycles. The Kier molecular flexibility index (Phi) is 7.43. The molecule has 1 amide bonds. The van der Waals surface area contributed by atoms with Gasteiger partial charge >= 0.3 is 12.5 Å². The van der Waals surface area contributed by atoms with Crippen molar-refractivity contribution < 1.29 is 40.6 Å². The lowest BCUT2D eigenvalue weighted by molar-refractivity contribution is -0.274. The zero-order valence-electron chi connectivity index (χ0n) is 16.7. The molecule has 33 heavy (non-hydrogen) atoms. The van der Waals surface area contributed by atoms with Gasteiger partial charge in [0.1, 0.15) is 28.6 Å². The fourth-order valence-corrected chi connectivity index (χ4v) is 2.58. The number of nitrogens with one attached hydrogen (secondary N) is 1. The average molecular weight is 491 g/mol. The van der Waals surface area contributed by atoms with E-state index in [2.05, 4.69) is 10.1 Å². The molecular weight excluding hydrogens is 476 g/mol. The van der Waals surface area contributed by atoms with Crippen molar-refractivity contribution in [1.29, 1.82) is 5.26 Å². The summed E-state index contributed by atoms with van der Waals surface area (Å²) in [5, 5.41) is 11.3. The van der Waals surface area contributed by atoms with E-state index < -0.39 is 47.7 Å². The molecule has 1 unspecified atom stereocenters. The molecule has 0 spiro atoms. The van der Waals surface area contributed by atoms with Gasteiger partial charge in [0.05, 0.1) is 17.2 Å². The van der Waals surface area contributed by atoms with Crippen molar-refractivity contribution >= 4 is 23.1 Å². The Morgan fingerprint density at radius 1 is 1.12 bits per heavy atom. The van der Waals surface area contributed by atoms with Crippen LogP contribution in [0.4, 0.5) is 26.3 Å². The quantitative estimate of drug-likeness (QED) is 0.442. The summed E-state index contributed by atoms with van der Waals surface area (Å²) in [5.41, 5.74) is 2.64. The first kappa shape index (κ1) is 25.7. The van der Waals surface area contributed by atoms with Crippen molar-refractivity contribution in [2.45, 2.75) is 25.0 Å². The number of nitrogens with zero attached hydrogens (tertiary/aromatic N) is 1. The average Bonchev–Trinajstić information content (AvgIpc) is 2.70. The fourth-order valence-electron chi connectivity index (χ4n) is 2.47. The zero-order chi connectivity index (χ0) is 25.0. The molecule has 0 aliphatic heterocycles. The summed E-state index contributed by atoms with van der Waals surface area (Å²) < 4.78 is 85.5. The summed E-state index contributed by atoms with van der Waals surface area (Å²) in [5.74, 6) is -2.07. The molecule has 2 aromatic rings. The second kappa shape index (κ2) is 9.53. The van der Waals surface area contributed by atoms with Gasteiger partial charge in [-0.05, 0) is 49.4 Å². The number of rotatable bonds is 7. The molecular formula is C20H15F6N3O3S. The summed E-state index contributed by atoms with van der Waals surface area (Å²) in [4.78, 5) is 12.2. The number of alkyl halides is 6. The third kappa shape index (κ3) is 6.98. The third-order valence-corrected chi connectivity index (χ3v) is 4.67. The van der Waals surface area contributed by atoms with Crippen LogP contribution in [0.5, 0.6) is 11.5 Å². The molecule has 0 bridgehead atoms. The zero-order valence-corrected chi connectivity index (χ0v) is 17.5. The highest BCUT2D eigenvalue weighted by Crippen LogP contribution is 2.37. The number of benzene rings is 2. The summed E-state index contributed by atoms with van der Waals surface area (Å²) in [7, 11) is 0. The van der Waals surface area contributed by atoms with Crippen molar-refractivity contribution in [3.63, 3.8) is 0 Å². The molecule has 0 saturated heterocycles. The highest BCUT2D eigenvalue weighted by atomic mass is 32.1. The molecule has 0 heterocycles. The molecule has 0 radical (unpaired) electrons. The maximum atomic E-state index is 13.3. The first-order chi connectivity index (χ1) is 15.1. The summed E-state index contributed by atoms with van der Waals surface area (Å²) in [6.45, 7) is 0.650. The highest BCUT2D eigenvalue weighted by Gasteiger charge is 2.37. The van der Waals surface area contributed by atoms with Crippen LogP contribution < -0.4 is 20.5 Å². The topological polar surface area (TPSA) is 97.4 Å². The van der Waals surface area contributed by atoms with Crippen molar-refractivity contribution in [3.05, 3.63) is 59.2 Å². The van der Waals surface area contributed by atoms with Crippen LogP contribution in [0.2, 0.25) is 0 Å². The van der Waals surface area contributed by atoms with Crippen molar-refractivity contribution in [1.82, 2.24) is 5.32 Å². The van der Waals surface area contributed by atoms with Crippen LogP contribution in [0, 0.1) is 11.3 Å². The lowest BCUT2D eigenvalue weighted by Crippen LogP contribution is -2.58. The normalized spacial score (nSPS) is 13.4. The summed E-state index contributed by atoms with van der Waals surface area (Å²) >= 11 is 4.91. The van der Waals surface area contributed by atoms with Crippen LogP contribution in [-0.2, 0) is 6.18 Å². The second-order valence-corrected chi connectivity index (χ2v) is 7.27. The number of hydrogen-bond acceptors (Lipinski definition) is 5. The molecule has 0 aliphatic rings. The van der Waals surface area contributed by atoms with Crippen LogP contribution in [0.1, 0.15) is 28.4 Å². The van der Waals surface area contributed by atoms with E-state index in [1.54, 1.807) is 6.07 Å². The predicted molar refractivity (Wildman–Crippen MR) is 107 cm³/mol. The van der Waals surface area contributed by atoms with E-state index in [9.17, 15) is 31.1 Å². The Bertz CT molecular complexity index is 1080. The Balaban J connectivity index is 2.22. The number of halogens is 6. The second-order valence-electron chi connectivity index (χ2n) is 6.83. The summed E-state index contributed by atoms with van der Waals surface area (Å²) in [6, 6.07) is 8.09. The van der Waals surface area contributed by atoms with Crippen molar-refractivity contribution in [2.24, 2.45) is 5.73 Å². The van der Waals surface area contributed by atoms with E-state index in [0.29, 0.717) is 6.07 Å². The van der Waals surface area contributed by atoms with Gasteiger partial charge in [0.15, 0.2) is 0 Å².